The van der Waals surface area contributed by atoms with E-state index in [-0.39, 0.29) is 18.3 Å². The molecule has 114 valence electrons. The summed E-state index contributed by atoms with van der Waals surface area (Å²) >= 11 is 0. The Labute approximate surface area is 118 Å². The van der Waals surface area contributed by atoms with Gasteiger partial charge in [0.25, 0.3) is 0 Å². The molecule has 4 unspecified atom stereocenters. The van der Waals surface area contributed by atoms with Crippen LogP contribution in [0.25, 0.3) is 0 Å². The van der Waals surface area contributed by atoms with Crippen molar-refractivity contribution in [2.45, 2.75) is 65.8 Å². The van der Waals surface area contributed by atoms with Crippen molar-refractivity contribution >= 4 is 8.25 Å². The Hall–Kier alpha value is -0.0600. The second kappa shape index (κ2) is 10.7. The quantitative estimate of drug-likeness (QED) is 0.740. The van der Waals surface area contributed by atoms with Crippen molar-refractivity contribution in [2.24, 2.45) is 0 Å². The van der Waals surface area contributed by atoms with Gasteiger partial charge in [0.05, 0.1) is 31.8 Å². The maximum absolute atomic E-state index is 10.3. The van der Waals surface area contributed by atoms with Crippen LogP contribution in [0.1, 0.15) is 47.5 Å². The van der Waals surface area contributed by atoms with Gasteiger partial charge in [0.1, 0.15) is 6.10 Å². The molecule has 0 aromatic rings. The molecular formula is C13H29NO4P+. The van der Waals surface area contributed by atoms with E-state index in [4.69, 9.17) is 9.26 Å². The zero-order chi connectivity index (χ0) is 14.8. The number of nitrogens with one attached hydrogen (secondary N) is 1. The van der Waals surface area contributed by atoms with Crippen LogP contribution in [0.2, 0.25) is 0 Å². The molecule has 1 saturated heterocycles. The van der Waals surface area contributed by atoms with E-state index < -0.39 is 8.25 Å². The number of quaternary nitrogens is 1. The predicted octanol–water partition coefficient (Wildman–Crippen LogP) is 0.908. The Bertz CT molecular complexity index is 243. The van der Waals surface area contributed by atoms with Crippen LogP contribution >= 0.6 is 8.25 Å². The van der Waals surface area contributed by atoms with Gasteiger partial charge in [0, 0.05) is 6.42 Å². The first-order valence-electron chi connectivity index (χ1n) is 7.28. The fraction of sp³-hybridized carbons (Fsp3) is 1.00. The van der Waals surface area contributed by atoms with Crippen molar-refractivity contribution in [3.63, 3.8) is 0 Å². The van der Waals surface area contributed by atoms with Crippen LogP contribution in [-0.4, -0.2) is 37.9 Å². The lowest BCUT2D eigenvalue weighted by Crippen LogP contribution is -3.11. The van der Waals surface area contributed by atoms with Crippen LogP contribution in [0.4, 0.5) is 0 Å². The summed E-state index contributed by atoms with van der Waals surface area (Å²) in [5.74, 6) is 0. The number of hydrogen-bond donors (Lipinski definition) is 1. The van der Waals surface area contributed by atoms with Gasteiger partial charge in [-0.3, -0.25) is 0 Å². The average molecular weight is 294 g/mol. The zero-order valence-electron chi connectivity index (χ0n) is 12.8. The number of rotatable bonds is 6. The molecule has 0 bridgehead atoms. The molecule has 0 aliphatic carbocycles. The van der Waals surface area contributed by atoms with Gasteiger partial charge in [0.2, 0.25) is 0 Å². The Morgan fingerprint density at radius 2 is 1.79 bits per heavy atom. The summed E-state index contributed by atoms with van der Waals surface area (Å²) in [6, 6.07) is 0. The smallest absolute Gasteiger partial charge is 0.488 e. The highest BCUT2D eigenvalue weighted by Gasteiger charge is 2.36. The standard InChI is InChI=1S/C7H13O4P.C6H15N/c1-3-6-7(11-12(8)9)4-5(2)10-6;1-4-7(5-2)6-3/h5-7H,3-4H2,1-2H3;4-6H2,1-3H3/p+1. The molecule has 0 aromatic carbocycles. The summed E-state index contributed by atoms with van der Waals surface area (Å²) in [5.41, 5.74) is 0. The number of ether oxygens (including phenoxy) is 1. The molecule has 1 rings (SSSR count). The first-order chi connectivity index (χ1) is 8.98. The molecule has 19 heavy (non-hydrogen) atoms. The molecule has 1 fully saturated rings. The van der Waals surface area contributed by atoms with Crippen LogP contribution in [0, 0.1) is 0 Å². The minimum atomic E-state index is -2.74. The Morgan fingerprint density at radius 1 is 1.26 bits per heavy atom. The minimum Gasteiger partial charge on any atom is -0.566 e. The summed E-state index contributed by atoms with van der Waals surface area (Å²) in [4.78, 5) is 12.0. The molecule has 1 aliphatic heterocycles. The first kappa shape index (κ1) is 18.9. The van der Waals surface area contributed by atoms with Crippen molar-refractivity contribution in [3.05, 3.63) is 0 Å². The summed E-state index contributed by atoms with van der Waals surface area (Å²) < 4.78 is 20.4. The summed E-state index contributed by atoms with van der Waals surface area (Å²) in [5, 5.41) is 0. The van der Waals surface area contributed by atoms with E-state index in [1.54, 1.807) is 4.90 Å². The highest BCUT2D eigenvalue weighted by atomic mass is 31.1. The summed E-state index contributed by atoms with van der Waals surface area (Å²) in [7, 11) is -2.74. The molecular weight excluding hydrogens is 265 g/mol. The Balaban J connectivity index is 0.000000399. The number of hydrogen-bond acceptors (Lipinski definition) is 4. The molecule has 0 spiro atoms. The Kier molecular flexibility index (Phi) is 10.7. The fourth-order valence-corrected chi connectivity index (χ4v) is 2.69. The van der Waals surface area contributed by atoms with E-state index in [0.29, 0.717) is 6.42 Å². The van der Waals surface area contributed by atoms with Crippen molar-refractivity contribution in [3.8, 4) is 0 Å². The lowest BCUT2D eigenvalue weighted by Gasteiger charge is -2.11. The monoisotopic (exact) mass is 294 g/mol. The molecule has 0 amide bonds. The second-order valence-corrected chi connectivity index (χ2v) is 5.47. The SMILES string of the molecule is CCC1OC(C)CC1O[P+](=O)[O-].CC[NH+](CC)CC. The van der Waals surface area contributed by atoms with Crippen molar-refractivity contribution in [1.82, 2.24) is 0 Å². The normalized spacial score (nSPS) is 27.1. The van der Waals surface area contributed by atoms with E-state index >= 15 is 0 Å². The topological polar surface area (TPSA) is 63.0 Å². The summed E-state index contributed by atoms with van der Waals surface area (Å²) in [6.07, 6.45) is 1.23. The molecule has 0 radical (unpaired) electrons. The first-order valence-corrected chi connectivity index (χ1v) is 8.37. The van der Waals surface area contributed by atoms with Crippen LogP contribution < -0.4 is 9.79 Å². The van der Waals surface area contributed by atoms with Gasteiger partial charge < -0.3 is 14.5 Å². The van der Waals surface area contributed by atoms with Crippen LogP contribution in [-0.2, 0) is 13.8 Å². The predicted molar refractivity (Wildman–Crippen MR) is 74.3 cm³/mol. The van der Waals surface area contributed by atoms with E-state index in [1.165, 1.54) is 19.6 Å². The van der Waals surface area contributed by atoms with Gasteiger partial charge in [-0.15, -0.1) is 4.52 Å². The molecule has 1 heterocycles. The van der Waals surface area contributed by atoms with Crippen LogP contribution in [0.3, 0.4) is 0 Å². The maximum atomic E-state index is 10.3. The van der Waals surface area contributed by atoms with Gasteiger partial charge in [-0.1, -0.05) is 6.92 Å². The van der Waals surface area contributed by atoms with Crippen molar-refractivity contribution < 1.29 is 23.6 Å². The van der Waals surface area contributed by atoms with Gasteiger partial charge in [-0.25, -0.2) is 0 Å². The van der Waals surface area contributed by atoms with E-state index in [2.05, 4.69) is 20.8 Å². The van der Waals surface area contributed by atoms with Gasteiger partial charge in [0.15, 0.2) is 0 Å². The van der Waals surface area contributed by atoms with E-state index in [9.17, 15) is 9.46 Å². The molecule has 5 nitrogen and oxygen atoms in total. The van der Waals surface area contributed by atoms with E-state index in [0.717, 1.165) is 6.42 Å². The third-order valence-electron chi connectivity index (χ3n) is 3.51. The highest BCUT2D eigenvalue weighted by Crippen LogP contribution is 2.29. The molecule has 0 saturated carbocycles. The second-order valence-electron chi connectivity index (χ2n) is 4.81. The van der Waals surface area contributed by atoms with Gasteiger partial charge in [-0.2, -0.15) is 0 Å². The van der Waals surface area contributed by atoms with Crippen LogP contribution in [0.5, 0.6) is 0 Å². The lowest BCUT2D eigenvalue weighted by atomic mass is 10.1. The largest absolute Gasteiger partial charge is 0.566 e. The molecule has 0 aromatic heterocycles. The summed E-state index contributed by atoms with van der Waals surface area (Å²) in [6.45, 7) is 14.4. The van der Waals surface area contributed by atoms with Gasteiger partial charge >= 0.3 is 8.25 Å². The molecule has 1 aliphatic rings. The lowest BCUT2D eigenvalue weighted by molar-refractivity contribution is -0.894. The van der Waals surface area contributed by atoms with Crippen molar-refractivity contribution in [1.29, 1.82) is 0 Å². The third-order valence-corrected chi connectivity index (χ3v) is 3.95. The fourth-order valence-electron chi connectivity index (χ4n) is 2.25. The molecule has 6 heteroatoms. The molecule has 4 atom stereocenters. The van der Waals surface area contributed by atoms with E-state index in [1.807, 2.05) is 13.8 Å². The highest BCUT2D eigenvalue weighted by molar-refractivity contribution is 7.30. The Morgan fingerprint density at radius 3 is 2.11 bits per heavy atom. The molecule has 1 N–H and O–H groups in total. The zero-order valence-corrected chi connectivity index (χ0v) is 13.7. The van der Waals surface area contributed by atoms with Crippen molar-refractivity contribution in [2.75, 3.05) is 19.6 Å². The maximum Gasteiger partial charge on any atom is 0.488 e. The van der Waals surface area contributed by atoms with Crippen LogP contribution in [0.15, 0.2) is 0 Å². The minimum absolute atomic E-state index is 0.0621. The average Bonchev–Trinajstić information content (AvgIpc) is 2.71. The third kappa shape index (κ3) is 7.95. The van der Waals surface area contributed by atoms with Gasteiger partial charge in [-0.05, 0) is 38.7 Å².